The highest BCUT2D eigenvalue weighted by molar-refractivity contribution is 9.15. The van der Waals surface area contributed by atoms with E-state index >= 15 is 0 Å². The number of imide groups is 1. The number of nitrogens with zero attached hydrogens (tertiary/aromatic N) is 2. The summed E-state index contributed by atoms with van der Waals surface area (Å²) in [6, 6.07) is 12.1. The average molecular weight is 796 g/mol. The van der Waals surface area contributed by atoms with Gasteiger partial charge in [-0.2, -0.15) is 0 Å². The van der Waals surface area contributed by atoms with E-state index < -0.39 is 11.8 Å². The summed E-state index contributed by atoms with van der Waals surface area (Å²) in [5, 5.41) is 3.41. The molecule has 1 N–H and O–H groups in total. The minimum absolute atomic E-state index is 0.165. The van der Waals surface area contributed by atoms with Crippen LogP contribution in [0, 0.1) is 0 Å². The molecule has 0 atom stereocenters. The van der Waals surface area contributed by atoms with E-state index in [1.807, 2.05) is 0 Å². The van der Waals surface area contributed by atoms with Gasteiger partial charge in [0, 0.05) is 28.6 Å². The Balaban J connectivity index is 1.36. The zero-order valence-corrected chi connectivity index (χ0v) is 26.3. The molecule has 13 heteroatoms. The van der Waals surface area contributed by atoms with E-state index in [-0.39, 0.29) is 22.8 Å². The molecule has 0 saturated heterocycles. The second kappa shape index (κ2) is 10.5. The molecule has 3 amide bonds. The molecule has 0 bridgehead atoms. The van der Waals surface area contributed by atoms with Crippen molar-refractivity contribution in [1.29, 1.82) is 0 Å². The summed E-state index contributed by atoms with van der Waals surface area (Å²) in [6.45, 7) is 0. The molecule has 182 valence electrons. The number of nitrogens with one attached hydrogen (secondary N) is 1. The predicted octanol–water partition coefficient (Wildman–Crippen LogP) is 8.53. The topological polar surface area (TPSA) is 79.4 Å². The van der Waals surface area contributed by atoms with Gasteiger partial charge >= 0.3 is 0 Å². The Bertz CT molecular complexity index is 1550. The molecule has 4 aromatic rings. The fraction of sp³-hybridized carbons (Fsp3) is 0.0435. The van der Waals surface area contributed by atoms with Crippen molar-refractivity contribution in [3.8, 4) is 0 Å². The van der Waals surface area contributed by atoms with E-state index in [2.05, 4.69) is 74.0 Å². The average Bonchev–Trinajstić information content (AvgIpc) is 3.38. The molecule has 1 aliphatic rings. The van der Waals surface area contributed by atoms with Crippen molar-refractivity contribution < 1.29 is 14.4 Å². The van der Waals surface area contributed by atoms with Crippen LogP contribution < -0.4 is 10.2 Å². The number of thiazole rings is 1. The standard InChI is InChI=1S/C23H10Br4ClN3O3S2/c24-17-15-16(18(25)20(27)19(17)26)22(34)31(21(15)33)11-5-6-12-13(7-11)36-23(30-12)35-8-14(32)29-10-3-1-9(28)2-4-10/h1-7H,8H2,(H,29,32). The van der Waals surface area contributed by atoms with Crippen LogP contribution in [0.25, 0.3) is 10.2 Å². The van der Waals surface area contributed by atoms with Gasteiger partial charge in [0.1, 0.15) is 0 Å². The van der Waals surface area contributed by atoms with Crippen LogP contribution in [0.4, 0.5) is 11.4 Å². The summed E-state index contributed by atoms with van der Waals surface area (Å²) in [7, 11) is 0. The first-order chi connectivity index (χ1) is 17.2. The Morgan fingerprint density at radius 1 is 0.944 bits per heavy atom. The Labute approximate surface area is 251 Å². The van der Waals surface area contributed by atoms with Gasteiger partial charge in [0.2, 0.25) is 5.91 Å². The summed E-state index contributed by atoms with van der Waals surface area (Å²) in [5.41, 5.74) is 2.40. The lowest BCUT2D eigenvalue weighted by molar-refractivity contribution is -0.113. The molecular formula is C23H10Br4ClN3O3S2. The smallest absolute Gasteiger partial charge is 0.267 e. The monoisotopic (exact) mass is 791 g/mol. The number of hydrogen-bond acceptors (Lipinski definition) is 6. The van der Waals surface area contributed by atoms with Crippen LogP contribution in [0.1, 0.15) is 20.7 Å². The third-order valence-electron chi connectivity index (χ3n) is 5.17. The number of rotatable bonds is 5. The van der Waals surface area contributed by atoms with Gasteiger partial charge < -0.3 is 5.32 Å². The van der Waals surface area contributed by atoms with Crippen LogP contribution in [0.5, 0.6) is 0 Å². The van der Waals surface area contributed by atoms with Crippen molar-refractivity contribution in [3.63, 3.8) is 0 Å². The molecule has 1 aromatic heterocycles. The van der Waals surface area contributed by atoms with Crippen molar-refractivity contribution in [2.24, 2.45) is 0 Å². The SMILES string of the molecule is O=C(CSc1nc2ccc(N3C(=O)c4c(Br)c(Br)c(Br)c(Br)c4C3=O)cc2s1)Nc1ccc(Cl)cc1. The third-order valence-corrected chi connectivity index (χ3v) is 12.3. The normalized spacial score (nSPS) is 13.0. The Kier molecular flexibility index (Phi) is 7.66. The number of anilines is 2. The van der Waals surface area contributed by atoms with Gasteiger partial charge in [-0.1, -0.05) is 23.4 Å². The van der Waals surface area contributed by atoms with Crippen molar-refractivity contribution in [2.45, 2.75) is 4.34 Å². The van der Waals surface area contributed by atoms with Gasteiger partial charge in [-0.25, -0.2) is 9.88 Å². The molecule has 0 fully saturated rings. The number of benzene rings is 3. The number of amides is 3. The molecule has 2 heterocycles. The van der Waals surface area contributed by atoms with Crippen LogP contribution >= 0.6 is 98.4 Å². The molecule has 5 rings (SSSR count). The molecule has 36 heavy (non-hydrogen) atoms. The minimum Gasteiger partial charge on any atom is -0.325 e. The largest absolute Gasteiger partial charge is 0.325 e. The van der Waals surface area contributed by atoms with E-state index in [1.54, 1.807) is 42.5 Å². The number of thioether (sulfide) groups is 1. The van der Waals surface area contributed by atoms with E-state index in [4.69, 9.17) is 11.6 Å². The maximum absolute atomic E-state index is 13.3. The van der Waals surface area contributed by atoms with Gasteiger partial charge in [0.25, 0.3) is 11.8 Å². The molecule has 0 saturated carbocycles. The Morgan fingerprint density at radius 3 is 2.17 bits per heavy atom. The van der Waals surface area contributed by atoms with E-state index in [9.17, 15) is 14.4 Å². The molecule has 0 aliphatic carbocycles. The first-order valence-corrected chi connectivity index (χ1v) is 15.3. The third kappa shape index (κ3) is 4.81. The molecular weight excluding hydrogens is 785 g/mol. The first-order valence-electron chi connectivity index (χ1n) is 9.99. The summed E-state index contributed by atoms with van der Waals surface area (Å²) in [4.78, 5) is 44.6. The molecule has 0 spiro atoms. The Morgan fingerprint density at radius 2 is 1.56 bits per heavy atom. The first kappa shape index (κ1) is 26.3. The van der Waals surface area contributed by atoms with Crippen molar-refractivity contribution in [3.05, 3.63) is 76.5 Å². The van der Waals surface area contributed by atoms with Gasteiger partial charge in [-0.3, -0.25) is 14.4 Å². The van der Waals surface area contributed by atoms with Crippen molar-refractivity contribution in [2.75, 3.05) is 16.0 Å². The number of carbonyl (C=O) groups excluding carboxylic acids is 3. The van der Waals surface area contributed by atoms with Crippen LogP contribution in [-0.4, -0.2) is 28.5 Å². The lowest BCUT2D eigenvalue weighted by atomic mass is 10.1. The summed E-state index contributed by atoms with van der Waals surface area (Å²) >= 11 is 22.3. The summed E-state index contributed by atoms with van der Waals surface area (Å²) in [6.07, 6.45) is 0. The lowest BCUT2D eigenvalue weighted by Gasteiger charge is -2.13. The van der Waals surface area contributed by atoms with E-state index in [0.717, 1.165) is 9.60 Å². The predicted molar refractivity (Wildman–Crippen MR) is 159 cm³/mol. The highest BCUT2D eigenvalue weighted by Crippen LogP contribution is 2.46. The van der Waals surface area contributed by atoms with Crippen LogP contribution in [-0.2, 0) is 4.79 Å². The van der Waals surface area contributed by atoms with Gasteiger partial charge in [-0.15, -0.1) is 11.3 Å². The maximum Gasteiger partial charge on any atom is 0.267 e. The second-order valence-corrected chi connectivity index (χ2v) is 13.3. The van der Waals surface area contributed by atoms with E-state index in [0.29, 0.717) is 44.1 Å². The maximum atomic E-state index is 13.3. The Hall–Kier alpha value is -1.28. The highest BCUT2D eigenvalue weighted by atomic mass is 79.9. The van der Waals surface area contributed by atoms with Crippen molar-refractivity contribution in [1.82, 2.24) is 4.98 Å². The molecule has 0 unspecified atom stereocenters. The van der Waals surface area contributed by atoms with Crippen molar-refractivity contribution >= 4 is 138 Å². The number of hydrogen-bond donors (Lipinski definition) is 1. The van der Waals surface area contributed by atoms with E-state index in [1.165, 1.54) is 23.1 Å². The fourth-order valence-electron chi connectivity index (χ4n) is 3.53. The minimum atomic E-state index is -0.423. The zero-order valence-electron chi connectivity index (χ0n) is 17.6. The second-order valence-electron chi connectivity index (χ2n) is 7.43. The summed E-state index contributed by atoms with van der Waals surface area (Å²) in [5.74, 6) is -0.831. The number of fused-ring (bicyclic) bond motifs is 2. The molecule has 3 aromatic carbocycles. The van der Waals surface area contributed by atoms with Crippen LogP contribution in [0.15, 0.2) is 64.7 Å². The molecule has 6 nitrogen and oxygen atoms in total. The lowest BCUT2D eigenvalue weighted by Crippen LogP contribution is -2.29. The van der Waals surface area contributed by atoms with Crippen LogP contribution in [0.3, 0.4) is 0 Å². The zero-order chi connectivity index (χ0) is 25.7. The highest BCUT2D eigenvalue weighted by Gasteiger charge is 2.42. The van der Waals surface area contributed by atoms with Gasteiger partial charge in [0.15, 0.2) is 4.34 Å². The quantitative estimate of drug-likeness (QED) is 0.0949. The molecule has 1 aliphatic heterocycles. The number of carbonyl (C=O) groups is 3. The van der Waals surface area contributed by atoms with Crippen LogP contribution in [0.2, 0.25) is 5.02 Å². The van der Waals surface area contributed by atoms with Gasteiger partial charge in [-0.05, 0) is 106 Å². The fourth-order valence-corrected chi connectivity index (χ4v) is 8.02. The molecule has 0 radical (unpaired) electrons. The number of aromatic nitrogens is 1. The van der Waals surface area contributed by atoms with Gasteiger partial charge in [0.05, 0.1) is 32.8 Å². The summed E-state index contributed by atoms with van der Waals surface area (Å²) < 4.78 is 3.77. The number of halogens is 5.